The Morgan fingerprint density at radius 1 is 0.879 bits per heavy atom. The minimum atomic E-state index is -0.0496. The number of thiocarbonyl (C=S) groups is 1. The van der Waals surface area contributed by atoms with Gasteiger partial charge in [0.2, 0.25) is 0 Å². The summed E-state index contributed by atoms with van der Waals surface area (Å²) in [6.45, 7) is 8.76. The first-order valence-electron chi connectivity index (χ1n) is 11.3. The van der Waals surface area contributed by atoms with Crippen LogP contribution < -0.4 is 10.2 Å². The Morgan fingerprint density at radius 2 is 1.64 bits per heavy atom. The lowest BCUT2D eigenvalue weighted by Gasteiger charge is -2.28. The van der Waals surface area contributed by atoms with E-state index in [2.05, 4.69) is 102 Å². The molecule has 33 heavy (non-hydrogen) atoms. The summed E-state index contributed by atoms with van der Waals surface area (Å²) in [5.41, 5.74) is 9.57. The fourth-order valence-electron chi connectivity index (χ4n) is 4.97. The number of nitrogens with zero attached hydrogens (tertiary/aromatic N) is 3. The van der Waals surface area contributed by atoms with E-state index < -0.39 is 0 Å². The number of rotatable bonds is 4. The largest absolute Gasteiger partial charge is 0.351 e. The molecule has 0 bridgehead atoms. The molecule has 0 amide bonds. The Morgan fingerprint density at radius 3 is 2.36 bits per heavy atom. The van der Waals surface area contributed by atoms with Crippen LogP contribution in [0.1, 0.15) is 45.9 Å². The lowest BCUT2D eigenvalue weighted by Crippen LogP contribution is -2.29. The summed E-state index contributed by atoms with van der Waals surface area (Å²) < 4.78 is 2.37. The number of anilines is 1. The molecule has 0 unspecified atom stereocenters. The predicted octanol–water partition coefficient (Wildman–Crippen LogP) is 6.28. The van der Waals surface area contributed by atoms with Crippen molar-refractivity contribution in [1.29, 1.82) is 0 Å². The third-order valence-corrected chi connectivity index (χ3v) is 7.05. The first-order valence-corrected chi connectivity index (χ1v) is 11.7. The second-order valence-corrected chi connectivity index (χ2v) is 9.10. The van der Waals surface area contributed by atoms with E-state index in [9.17, 15) is 0 Å². The third kappa shape index (κ3) is 3.62. The number of hydrogen-bond donors (Lipinski definition) is 1. The highest BCUT2D eigenvalue weighted by Crippen LogP contribution is 2.43. The molecule has 1 aliphatic heterocycles. The van der Waals surface area contributed by atoms with Gasteiger partial charge in [0.15, 0.2) is 5.11 Å². The minimum Gasteiger partial charge on any atom is -0.351 e. The maximum absolute atomic E-state index is 5.87. The molecule has 2 aromatic carbocycles. The molecule has 5 heteroatoms. The SMILES string of the molecule is Cc1cccc(-n2c(C)cc([C@H]3[C@H](c4ccccn4)NC(=S)N3c3ccccc3)c2C)c1C. The molecule has 1 saturated heterocycles. The monoisotopic (exact) mass is 452 g/mol. The van der Waals surface area contributed by atoms with Crippen LogP contribution in [0.25, 0.3) is 5.69 Å². The number of hydrogen-bond acceptors (Lipinski definition) is 2. The standard InChI is InChI=1S/C28H28N4S/c1-18-11-10-15-25(20(18)3)31-19(2)17-23(21(31)4)27-26(24-14-8-9-16-29-24)30-28(33)32(27)22-12-6-5-7-13-22/h5-17,26-27H,1-4H3,(H,30,33)/t26-,27-/m0/s1. The Bertz CT molecular complexity index is 1310. The fraction of sp³-hybridized carbons (Fsp3) is 0.214. The molecule has 166 valence electrons. The molecule has 4 nitrogen and oxygen atoms in total. The van der Waals surface area contributed by atoms with E-state index in [1.807, 2.05) is 24.4 Å². The maximum atomic E-state index is 5.87. The Hall–Kier alpha value is -3.44. The first kappa shape index (κ1) is 21.4. The topological polar surface area (TPSA) is 33.1 Å². The third-order valence-electron chi connectivity index (χ3n) is 6.74. The van der Waals surface area contributed by atoms with E-state index in [0.717, 1.165) is 16.5 Å². The van der Waals surface area contributed by atoms with Crippen LogP contribution in [-0.4, -0.2) is 14.7 Å². The van der Waals surface area contributed by atoms with Gasteiger partial charge in [0.25, 0.3) is 0 Å². The molecule has 2 atom stereocenters. The molecular formula is C28H28N4S. The summed E-state index contributed by atoms with van der Waals surface area (Å²) in [6.07, 6.45) is 1.85. The zero-order valence-corrected chi connectivity index (χ0v) is 20.2. The molecule has 3 heterocycles. The van der Waals surface area contributed by atoms with Crippen LogP contribution in [0.3, 0.4) is 0 Å². The number of aromatic nitrogens is 2. The fourth-order valence-corrected chi connectivity index (χ4v) is 5.32. The molecule has 0 aliphatic carbocycles. The van der Waals surface area contributed by atoms with E-state index in [4.69, 9.17) is 12.2 Å². The van der Waals surface area contributed by atoms with Crippen molar-refractivity contribution in [3.8, 4) is 5.69 Å². The van der Waals surface area contributed by atoms with Gasteiger partial charge in [-0.05, 0) is 93.0 Å². The summed E-state index contributed by atoms with van der Waals surface area (Å²) >= 11 is 5.87. The Kier molecular flexibility index (Phi) is 5.51. The summed E-state index contributed by atoms with van der Waals surface area (Å²) in [5.74, 6) is 0. The zero-order chi connectivity index (χ0) is 23.1. The summed E-state index contributed by atoms with van der Waals surface area (Å²) in [4.78, 5) is 6.93. The highest BCUT2D eigenvalue weighted by molar-refractivity contribution is 7.80. The molecule has 1 fully saturated rings. The molecule has 2 aromatic heterocycles. The van der Waals surface area contributed by atoms with E-state index >= 15 is 0 Å². The van der Waals surface area contributed by atoms with E-state index in [1.54, 1.807) is 0 Å². The van der Waals surface area contributed by atoms with Crippen molar-refractivity contribution >= 4 is 23.0 Å². The van der Waals surface area contributed by atoms with Crippen LogP contribution in [0.5, 0.6) is 0 Å². The Balaban J connectivity index is 1.70. The van der Waals surface area contributed by atoms with Crippen molar-refractivity contribution in [2.24, 2.45) is 0 Å². The van der Waals surface area contributed by atoms with Gasteiger partial charge in [0.05, 0.1) is 17.8 Å². The van der Waals surface area contributed by atoms with Crippen LogP contribution >= 0.6 is 12.2 Å². The first-order chi connectivity index (χ1) is 16.0. The van der Waals surface area contributed by atoms with Crippen LogP contribution in [0.2, 0.25) is 0 Å². The van der Waals surface area contributed by atoms with Gasteiger partial charge in [-0.25, -0.2) is 0 Å². The second-order valence-electron chi connectivity index (χ2n) is 8.71. The lowest BCUT2D eigenvalue weighted by atomic mass is 9.96. The molecule has 0 saturated carbocycles. The van der Waals surface area contributed by atoms with Gasteiger partial charge >= 0.3 is 0 Å². The summed E-state index contributed by atoms with van der Waals surface area (Å²) in [5, 5.41) is 4.29. The summed E-state index contributed by atoms with van der Waals surface area (Å²) in [6, 6.07) is 25.2. The van der Waals surface area contributed by atoms with Crippen LogP contribution in [0.15, 0.2) is 79.0 Å². The van der Waals surface area contributed by atoms with Gasteiger partial charge in [-0.15, -0.1) is 0 Å². The van der Waals surface area contributed by atoms with Gasteiger partial charge in [0, 0.05) is 29.0 Å². The van der Waals surface area contributed by atoms with Gasteiger partial charge < -0.3 is 14.8 Å². The molecule has 0 radical (unpaired) electrons. The molecule has 0 spiro atoms. The summed E-state index contributed by atoms with van der Waals surface area (Å²) in [7, 11) is 0. The van der Waals surface area contributed by atoms with Crippen molar-refractivity contribution in [3.05, 3.63) is 113 Å². The van der Waals surface area contributed by atoms with Gasteiger partial charge in [-0.1, -0.05) is 36.4 Å². The van der Waals surface area contributed by atoms with E-state index in [0.29, 0.717) is 0 Å². The highest BCUT2D eigenvalue weighted by Gasteiger charge is 2.42. The van der Waals surface area contributed by atoms with Crippen molar-refractivity contribution in [1.82, 2.24) is 14.9 Å². The lowest BCUT2D eigenvalue weighted by molar-refractivity contribution is 0.565. The average Bonchev–Trinajstić information content (AvgIpc) is 3.32. The number of para-hydroxylation sites is 1. The van der Waals surface area contributed by atoms with Crippen molar-refractivity contribution in [2.45, 2.75) is 39.8 Å². The van der Waals surface area contributed by atoms with Crippen molar-refractivity contribution in [3.63, 3.8) is 0 Å². The van der Waals surface area contributed by atoms with Gasteiger partial charge in [-0.3, -0.25) is 4.98 Å². The van der Waals surface area contributed by atoms with Crippen molar-refractivity contribution < 1.29 is 0 Å². The van der Waals surface area contributed by atoms with Crippen LogP contribution in [-0.2, 0) is 0 Å². The molecular weight excluding hydrogens is 424 g/mol. The quantitative estimate of drug-likeness (QED) is 0.369. The van der Waals surface area contributed by atoms with Crippen LogP contribution in [0.4, 0.5) is 5.69 Å². The second kappa shape index (κ2) is 8.49. The zero-order valence-electron chi connectivity index (χ0n) is 19.4. The maximum Gasteiger partial charge on any atom is 0.174 e. The van der Waals surface area contributed by atoms with E-state index in [-0.39, 0.29) is 12.1 Å². The number of nitrogens with one attached hydrogen (secondary N) is 1. The van der Waals surface area contributed by atoms with Crippen molar-refractivity contribution in [2.75, 3.05) is 4.90 Å². The molecule has 4 aromatic rings. The molecule has 1 aliphatic rings. The smallest absolute Gasteiger partial charge is 0.174 e. The van der Waals surface area contributed by atoms with Crippen LogP contribution in [0, 0.1) is 27.7 Å². The number of aryl methyl sites for hydroxylation is 2. The van der Waals surface area contributed by atoms with E-state index in [1.165, 1.54) is 33.8 Å². The Labute approximate surface area is 200 Å². The number of pyridine rings is 1. The minimum absolute atomic E-state index is 0.0140. The molecule has 5 rings (SSSR count). The molecule has 1 N–H and O–H groups in total. The number of benzene rings is 2. The normalized spacial score (nSPS) is 17.9. The average molecular weight is 453 g/mol. The predicted molar refractivity (Wildman–Crippen MR) is 139 cm³/mol. The van der Waals surface area contributed by atoms with Gasteiger partial charge in [-0.2, -0.15) is 0 Å². The highest BCUT2D eigenvalue weighted by atomic mass is 32.1. The van der Waals surface area contributed by atoms with Gasteiger partial charge in [0.1, 0.15) is 0 Å².